The summed E-state index contributed by atoms with van der Waals surface area (Å²) in [5, 5.41) is 16.0. The summed E-state index contributed by atoms with van der Waals surface area (Å²) in [7, 11) is -0.965. The first kappa shape index (κ1) is 33.9. The molecule has 242 valence electrons. The Balaban J connectivity index is 1.82. The summed E-state index contributed by atoms with van der Waals surface area (Å²) >= 11 is 0. The van der Waals surface area contributed by atoms with Crippen molar-refractivity contribution in [3.05, 3.63) is 71.9 Å². The van der Waals surface area contributed by atoms with E-state index in [1.165, 1.54) is 42.4 Å². The number of rotatable bonds is 15. The number of nitriles is 1. The third-order valence-electron chi connectivity index (χ3n) is 7.50. The number of para-hydroxylation sites is 1. The summed E-state index contributed by atoms with van der Waals surface area (Å²) in [6.07, 6.45) is 5.43. The first-order valence-corrected chi connectivity index (χ1v) is 16.4. The summed E-state index contributed by atoms with van der Waals surface area (Å²) < 4.78 is 36.5. The van der Waals surface area contributed by atoms with E-state index in [1.54, 1.807) is 31.3 Å². The van der Waals surface area contributed by atoms with Crippen LogP contribution in [0, 0.1) is 11.3 Å². The van der Waals surface area contributed by atoms with Crippen molar-refractivity contribution >= 4 is 44.2 Å². The van der Waals surface area contributed by atoms with Gasteiger partial charge in [-0.2, -0.15) is 5.26 Å². The van der Waals surface area contributed by atoms with Crippen LogP contribution >= 0.6 is 0 Å². The number of nitrogens with zero attached hydrogens (tertiary/aromatic N) is 4. The second-order valence-corrected chi connectivity index (χ2v) is 12.3. The summed E-state index contributed by atoms with van der Waals surface area (Å²) in [6, 6.07) is 11.3. The Bertz CT molecular complexity index is 1910. The summed E-state index contributed by atoms with van der Waals surface area (Å²) in [4.78, 5) is 45.8. The second kappa shape index (κ2) is 14.9. The molecule has 14 heteroatoms. The SMILES string of the molecule is CCCCNC(=O)c1cncn1C(C(=O)Nc1cc(S(=O)(=O)NCCCC)ccc1OC)C(=O)c1c(C#N)c2ccccc2n1C. The Morgan fingerprint density at radius 1 is 1.07 bits per heavy atom. The fraction of sp³-hybridized carbons (Fsp3) is 0.344. The van der Waals surface area contributed by atoms with Crippen LogP contribution in [0.15, 0.2) is 59.9 Å². The van der Waals surface area contributed by atoms with Crippen LogP contribution in [0.5, 0.6) is 5.75 Å². The number of ketones is 1. The molecule has 0 spiro atoms. The maximum absolute atomic E-state index is 14.5. The maximum atomic E-state index is 14.5. The van der Waals surface area contributed by atoms with E-state index in [-0.39, 0.29) is 39.8 Å². The molecule has 13 nitrogen and oxygen atoms in total. The highest BCUT2D eigenvalue weighted by Gasteiger charge is 2.36. The van der Waals surface area contributed by atoms with Gasteiger partial charge in [-0.3, -0.25) is 14.4 Å². The minimum absolute atomic E-state index is 0.0183. The molecule has 0 bridgehead atoms. The van der Waals surface area contributed by atoms with Crippen LogP contribution in [0.4, 0.5) is 5.69 Å². The number of unbranched alkanes of at least 4 members (excludes halogenated alkanes) is 2. The van der Waals surface area contributed by atoms with Crippen LogP contribution in [0.3, 0.4) is 0 Å². The molecule has 0 aliphatic rings. The number of imidazole rings is 1. The van der Waals surface area contributed by atoms with Crippen LogP contribution < -0.4 is 20.1 Å². The molecule has 1 atom stereocenters. The lowest BCUT2D eigenvalue weighted by molar-refractivity contribution is -0.118. The van der Waals surface area contributed by atoms with Gasteiger partial charge in [0.2, 0.25) is 15.8 Å². The number of aryl methyl sites for hydroxylation is 1. The zero-order valence-electron chi connectivity index (χ0n) is 26.2. The molecule has 0 saturated carbocycles. The monoisotopic (exact) mass is 647 g/mol. The molecule has 2 amide bonds. The third-order valence-corrected chi connectivity index (χ3v) is 8.96. The largest absolute Gasteiger partial charge is 0.495 e. The summed E-state index contributed by atoms with van der Waals surface area (Å²) in [6.45, 7) is 4.52. The standard InChI is InChI=1S/C32H37N7O6S/c1-5-7-15-35-31(41)26-19-34-20-39(26)29(30(40)28-23(18-33)22-11-9-10-12-25(22)38(28)3)32(42)37-24-17-21(13-14-27(24)45-4)46(43,44)36-16-8-6-2/h9-14,17,19-20,29,36H,5-8,15-16H2,1-4H3,(H,35,41)(H,37,42). The molecule has 0 aliphatic carbocycles. The van der Waals surface area contributed by atoms with Gasteiger partial charge in [-0.15, -0.1) is 0 Å². The van der Waals surface area contributed by atoms with Gasteiger partial charge < -0.3 is 24.5 Å². The summed E-state index contributed by atoms with van der Waals surface area (Å²) in [5.41, 5.74) is 0.553. The lowest BCUT2D eigenvalue weighted by atomic mass is 10.0. The van der Waals surface area contributed by atoms with Gasteiger partial charge in [-0.05, 0) is 37.1 Å². The maximum Gasteiger partial charge on any atom is 0.269 e. The molecule has 3 N–H and O–H groups in total. The number of amides is 2. The molecule has 0 fully saturated rings. The average molecular weight is 648 g/mol. The number of fused-ring (bicyclic) bond motifs is 1. The molecular weight excluding hydrogens is 610 g/mol. The fourth-order valence-electron chi connectivity index (χ4n) is 5.07. The van der Waals surface area contributed by atoms with E-state index < -0.39 is 33.7 Å². The highest BCUT2D eigenvalue weighted by atomic mass is 32.2. The van der Waals surface area contributed by atoms with Gasteiger partial charge in [0, 0.05) is 31.0 Å². The van der Waals surface area contributed by atoms with Crippen molar-refractivity contribution in [2.75, 3.05) is 25.5 Å². The molecule has 1 unspecified atom stereocenters. The van der Waals surface area contributed by atoms with Crippen LogP contribution in [-0.4, -0.2) is 60.3 Å². The topological polar surface area (TPSA) is 177 Å². The van der Waals surface area contributed by atoms with Gasteiger partial charge in [-0.1, -0.05) is 44.9 Å². The number of hydrogen-bond donors (Lipinski definition) is 3. The number of anilines is 1. The van der Waals surface area contributed by atoms with Gasteiger partial charge in [0.25, 0.3) is 11.8 Å². The number of nitrogens with one attached hydrogen (secondary N) is 3. The minimum atomic E-state index is -3.93. The molecule has 0 aliphatic heterocycles. The fourth-order valence-corrected chi connectivity index (χ4v) is 6.17. The lowest BCUT2D eigenvalue weighted by Crippen LogP contribution is -2.37. The Hall–Kier alpha value is -5.00. The molecular formula is C32H37N7O6S. The third kappa shape index (κ3) is 6.95. The Morgan fingerprint density at radius 3 is 2.48 bits per heavy atom. The van der Waals surface area contributed by atoms with Gasteiger partial charge in [-0.25, -0.2) is 18.1 Å². The molecule has 2 heterocycles. The minimum Gasteiger partial charge on any atom is -0.495 e. The van der Waals surface area contributed by atoms with Crippen molar-refractivity contribution in [3.63, 3.8) is 0 Å². The van der Waals surface area contributed by atoms with E-state index in [0.29, 0.717) is 23.9 Å². The van der Waals surface area contributed by atoms with Gasteiger partial charge >= 0.3 is 0 Å². The zero-order valence-corrected chi connectivity index (χ0v) is 27.0. The Labute approximate surface area is 267 Å². The Kier molecular flexibility index (Phi) is 10.9. The molecule has 4 aromatic rings. The number of benzene rings is 2. The highest BCUT2D eigenvalue weighted by Crippen LogP contribution is 2.32. The zero-order chi connectivity index (χ0) is 33.4. The molecule has 0 radical (unpaired) electrons. The average Bonchev–Trinajstić information content (AvgIpc) is 3.63. The van der Waals surface area contributed by atoms with Crippen molar-refractivity contribution in [1.82, 2.24) is 24.2 Å². The first-order chi connectivity index (χ1) is 22.1. The normalized spacial score (nSPS) is 12.0. The van der Waals surface area contributed by atoms with E-state index in [1.807, 2.05) is 13.8 Å². The molecule has 46 heavy (non-hydrogen) atoms. The van der Waals surface area contributed by atoms with Crippen molar-refractivity contribution < 1.29 is 27.5 Å². The number of carbonyl (C=O) groups is 3. The number of Topliss-reactive ketones (excluding diaryl/α,β-unsaturated/α-hetero) is 1. The van der Waals surface area contributed by atoms with Crippen LogP contribution in [0.2, 0.25) is 0 Å². The number of ether oxygens (including phenoxy) is 1. The number of hydrogen-bond acceptors (Lipinski definition) is 8. The van der Waals surface area contributed by atoms with Gasteiger partial charge in [0.15, 0.2) is 6.04 Å². The Morgan fingerprint density at radius 2 is 1.78 bits per heavy atom. The number of methoxy groups -OCH3 is 1. The molecule has 2 aromatic heterocycles. The van der Waals surface area contributed by atoms with E-state index >= 15 is 0 Å². The van der Waals surface area contributed by atoms with E-state index in [4.69, 9.17) is 4.74 Å². The van der Waals surface area contributed by atoms with Crippen LogP contribution in [0.1, 0.15) is 72.1 Å². The molecule has 2 aromatic carbocycles. The summed E-state index contributed by atoms with van der Waals surface area (Å²) in [5.74, 6) is -2.10. The highest BCUT2D eigenvalue weighted by molar-refractivity contribution is 7.89. The van der Waals surface area contributed by atoms with Crippen LogP contribution in [-0.2, 0) is 21.9 Å². The number of aromatic nitrogens is 3. The van der Waals surface area contributed by atoms with E-state index in [2.05, 4.69) is 26.4 Å². The number of sulfonamides is 1. The first-order valence-electron chi connectivity index (χ1n) is 14.9. The van der Waals surface area contributed by atoms with Gasteiger partial charge in [0.1, 0.15) is 23.2 Å². The van der Waals surface area contributed by atoms with Crippen molar-refractivity contribution in [2.24, 2.45) is 7.05 Å². The van der Waals surface area contributed by atoms with Gasteiger partial charge in [0.05, 0.1) is 35.8 Å². The molecule has 4 rings (SSSR count). The quantitative estimate of drug-likeness (QED) is 0.0987. The van der Waals surface area contributed by atoms with Crippen molar-refractivity contribution in [1.29, 1.82) is 5.26 Å². The lowest BCUT2D eigenvalue weighted by Gasteiger charge is -2.21. The van der Waals surface area contributed by atoms with Crippen molar-refractivity contribution in [3.8, 4) is 11.8 Å². The smallest absolute Gasteiger partial charge is 0.269 e. The predicted molar refractivity (Wildman–Crippen MR) is 172 cm³/mol. The predicted octanol–water partition coefficient (Wildman–Crippen LogP) is 3.93. The van der Waals surface area contributed by atoms with E-state index in [0.717, 1.165) is 23.8 Å². The van der Waals surface area contributed by atoms with Crippen molar-refractivity contribution in [2.45, 2.75) is 50.5 Å². The number of carbonyl (C=O) groups excluding carboxylic acids is 3. The molecule has 0 saturated heterocycles. The van der Waals surface area contributed by atoms with Crippen LogP contribution in [0.25, 0.3) is 10.9 Å². The van der Waals surface area contributed by atoms with E-state index in [9.17, 15) is 28.1 Å². The second-order valence-electron chi connectivity index (χ2n) is 10.6.